The maximum Gasteiger partial charge on any atom is 0.276 e. The first kappa shape index (κ1) is 15.7. The van der Waals surface area contributed by atoms with E-state index in [-0.39, 0.29) is 5.91 Å². The average molecular weight is 326 g/mol. The number of aromatic nitrogens is 3. The first-order chi connectivity index (χ1) is 10.1. The van der Waals surface area contributed by atoms with Gasteiger partial charge in [0.25, 0.3) is 5.91 Å². The minimum Gasteiger partial charge on any atom is -0.329 e. The number of halogens is 1. The van der Waals surface area contributed by atoms with Crippen LogP contribution in [0.1, 0.15) is 15.4 Å². The highest BCUT2D eigenvalue weighted by atomic mass is 35.5. The maximum atomic E-state index is 12.5. The minimum atomic E-state index is -0.192. The summed E-state index contributed by atoms with van der Waals surface area (Å²) < 4.78 is 2.26. The molecule has 2 aromatic rings. The molecule has 0 bridgehead atoms. The molecule has 2 rings (SSSR count). The van der Waals surface area contributed by atoms with Crippen molar-refractivity contribution >= 4 is 28.8 Å². The third kappa shape index (κ3) is 4.13. The number of rotatable bonds is 7. The van der Waals surface area contributed by atoms with Crippen LogP contribution in [0.2, 0.25) is 4.34 Å². The van der Waals surface area contributed by atoms with Gasteiger partial charge < -0.3 is 10.6 Å². The van der Waals surface area contributed by atoms with Crippen molar-refractivity contribution in [3.05, 3.63) is 45.9 Å². The second-order valence-corrected chi connectivity index (χ2v) is 6.14. The van der Waals surface area contributed by atoms with Crippen molar-refractivity contribution in [3.8, 4) is 0 Å². The van der Waals surface area contributed by atoms with Gasteiger partial charge in [-0.05, 0) is 12.1 Å². The van der Waals surface area contributed by atoms with Crippen LogP contribution in [0.25, 0.3) is 0 Å². The summed E-state index contributed by atoms with van der Waals surface area (Å²) in [5.74, 6) is -0.192. The number of carbonyl (C=O) groups excluding carboxylic acids is 1. The molecule has 0 aliphatic carbocycles. The molecule has 112 valence electrons. The molecular formula is C13H16ClN5OS. The van der Waals surface area contributed by atoms with Crippen LogP contribution < -0.4 is 5.73 Å². The highest BCUT2D eigenvalue weighted by molar-refractivity contribution is 7.16. The summed E-state index contributed by atoms with van der Waals surface area (Å²) >= 11 is 7.36. The van der Waals surface area contributed by atoms with Gasteiger partial charge in [-0.3, -0.25) is 9.48 Å². The van der Waals surface area contributed by atoms with Crippen LogP contribution in [0, 0.1) is 0 Å². The van der Waals surface area contributed by atoms with Gasteiger partial charge in [-0.2, -0.15) is 0 Å². The van der Waals surface area contributed by atoms with Crippen LogP contribution in [0.4, 0.5) is 0 Å². The molecule has 0 spiro atoms. The highest BCUT2D eigenvalue weighted by Gasteiger charge is 2.19. The molecule has 0 unspecified atom stereocenters. The van der Waals surface area contributed by atoms with E-state index in [2.05, 4.69) is 16.9 Å². The van der Waals surface area contributed by atoms with Crippen LogP contribution in [-0.2, 0) is 13.1 Å². The van der Waals surface area contributed by atoms with E-state index < -0.39 is 0 Å². The van der Waals surface area contributed by atoms with E-state index >= 15 is 0 Å². The second kappa shape index (κ2) is 7.35. The summed E-state index contributed by atoms with van der Waals surface area (Å²) in [4.78, 5) is 15.1. The maximum absolute atomic E-state index is 12.5. The molecule has 1 amide bonds. The van der Waals surface area contributed by atoms with E-state index in [1.807, 2.05) is 12.1 Å². The predicted molar refractivity (Wildman–Crippen MR) is 83.3 cm³/mol. The van der Waals surface area contributed by atoms with Crippen molar-refractivity contribution in [2.75, 3.05) is 13.1 Å². The van der Waals surface area contributed by atoms with Crippen molar-refractivity contribution in [3.63, 3.8) is 0 Å². The Morgan fingerprint density at radius 2 is 2.38 bits per heavy atom. The van der Waals surface area contributed by atoms with Crippen molar-refractivity contribution < 1.29 is 4.79 Å². The van der Waals surface area contributed by atoms with Crippen LogP contribution in [0.3, 0.4) is 0 Å². The second-order valence-electron chi connectivity index (χ2n) is 4.34. The lowest BCUT2D eigenvalue weighted by Crippen LogP contribution is -2.30. The molecule has 2 heterocycles. The lowest BCUT2D eigenvalue weighted by Gasteiger charge is -2.18. The van der Waals surface area contributed by atoms with Crippen LogP contribution in [-0.4, -0.2) is 38.9 Å². The zero-order valence-corrected chi connectivity index (χ0v) is 13.0. The highest BCUT2D eigenvalue weighted by Crippen LogP contribution is 2.23. The SMILES string of the molecule is C=CCN(Cc1ccc(Cl)s1)C(=O)c1cn(CCN)nn1. The molecule has 0 aliphatic heterocycles. The Morgan fingerprint density at radius 3 is 3.00 bits per heavy atom. The summed E-state index contributed by atoms with van der Waals surface area (Å²) in [6.07, 6.45) is 3.28. The average Bonchev–Trinajstić information content (AvgIpc) is 3.07. The normalized spacial score (nSPS) is 10.6. The van der Waals surface area contributed by atoms with Crippen molar-refractivity contribution in [1.29, 1.82) is 0 Å². The number of thiophene rings is 1. The zero-order chi connectivity index (χ0) is 15.2. The smallest absolute Gasteiger partial charge is 0.276 e. The summed E-state index contributed by atoms with van der Waals surface area (Å²) in [5, 5.41) is 7.77. The van der Waals surface area contributed by atoms with Crippen LogP contribution in [0.15, 0.2) is 31.0 Å². The quantitative estimate of drug-likeness (QED) is 0.787. The fourth-order valence-corrected chi connectivity index (χ4v) is 2.90. The Morgan fingerprint density at radius 1 is 1.57 bits per heavy atom. The van der Waals surface area contributed by atoms with Gasteiger partial charge in [0.05, 0.1) is 23.6 Å². The van der Waals surface area contributed by atoms with Gasteiger partial charge in [0, 0.05) is 18.0 Å². The Labute approximate surface area is 131 Å². The standard InChI is InChI=1S/C13H16ClN5OS/c1-2-6-18(8-10-3-4-12(14)21-10)13(20)11-9-19(7-5-15)17-16-11/h2-4,9H,1,5-8,15H2. The summed E-state index contributed by atoms with van der Waals surface area (Å²) in [7, 11) is 0. The third-order valence-electron chi connectivity index (χ3n) is 2.73. The van der Waals surface area contributed by atoms with E-state index in [0.29, 0.717) is 36.2 Å². The number of nitrogens with two attached hydrogens (primary N) is 1. The third-order valence-corrected chi connectivity index (χ3v) is 3.94. The summed E-state index contributed by atoms with van der Waals surface area (Å²) in [6.45, 7) is 5.55. The van der Waals surface area contributed by atoms with Gasteiger partial charge in [-0.1, -0.05) is 22.9 Å². The van der Waals surface area contributed by atoms with E-state index in [0.717, 1.165) is 4.88 Å². The topological polar surface area (TPSA) is 77.0 Å². The lowest BCUT2D eigenvalue weighted by molar-refractivity contribution is 0.0758. The molecule has 0 fully saturated rings. The molecule has 0 atom stereocenters. The monoisotopic (exact) mass is 325 g/mol. The predicted octanol–water partition coefficient (Wildman–Crippen LogP) is 1.78. The van der Waals surface area contributed by atoms with Crippen molar-refractivity contribution in [1.82, 2.24) is 19.9 Å². The van der Waals surface area contributed by atoms with Gasteiger partial charge in [0.1, 0.15) is 0 Å². The van der Waals surface area contributed by atoms with E-state index in [1.54, 1.807) is 21.9 Å². The first-order valence-electron chi connectivity index (χ1n) is 6.38. The van der Waals surface area contributed by atoms with Crippen LogP contribution >= 0.6 is 22.9 Å². The summed E-state index contributed by atoms with van der Waals surface area (Å²) in [5.41, 5.74) is 5.75. The molecule has 8 heteroatoms. The molecule has 0 saturated carbocycles. The minimum absolute atomic E-state index is 0.192. The Balaban J connectivity index is 2.12. The van der Waals surface area contributed by atoms with Crippen molar-refractivity contribution in [2.45, 2.75) is 13.1 Å². The van der Waals surface area contributed by atoms with Crippen LogP contribution in [0.5, 0.6) is 0 Å². The van der Waals surface area contributed by atoms with Crippen molar-refractivity contribution in [2.24, 2.45) is 5.73 Å². The summed E-state index contributed by atoms with van der Waals surface area (Å²) in [6, 6.07) is 3.72. The molecule has 0 aromatic carbocycles. The Kier molecular flexibility index (Phi) is 5.49. The number of hydrogen-bond acceptors (Lipinski definition) is 5. The largest absolute Gasteiger partial charge is 0.329 e. The fraction of sp³-hybridized carbons (Fsp3) is 0.308. The van der Waals surface area contributed by atoms with Gasteiger partial charge in [0.2, 0.25) is 0 Å². The molecule has 6 nitrogen and oxygen atoms in total. The molecule has 21 heavy (non-hydrogen) atoms. The molecule has 2 N–H and O–H groups in total. The zero-order valence-electron chi connectivity index (χ0n) is 11.4. The van der Waals surface area contributed by atoms with Gasteiger partial charge in [-0.25, -0.2) is 0 Å². The first-order valence-corrected chi connectivity index (χ1v) is 7.58. The van der Waals surface area contributed by atoms with Gasteiger partial charge in [-0.15, -0.1) is 23.0 Å². The number of amides is 1. The number of nitrogens with zero attached hydrogens (tertiary/aromatic N) is 4. The molecule has 2 aromatic heterocycles. The molecular weight excluding hydrogens is 310 g/mol. The molecule has 0 saturated heterocycles. The number of hydrogen-bond donors (Lipinski definition) is 1. The lowest BCUT2D eigenvalue weighted by atomic mass is 10.3. The van der Waals surface area contributed by atoms with E-state index in [4.69, 9.17) is 17.3 Å². The van der Waals surface area contributed by atoms with E-state index in [1.165, 1.54) is 11.3 Å². The number of carbonyl (C=O) groups is 1. The van der Waals surface area contributed by atoms with E-state index in [9.17, 15) is 4.79 Å². The van der Waals surface area contributed by atoms with Gasteiger partial charge >= 0.3 is 0 Å². The molecule has 0 aliphatic rings. The fourth-order valence-electron chi connectivity index (χ4n) is 1.80. The molecule has 0 radical (unpaired) electrons. The van der Waals surface area contributed by atoms with Gasteiger partial charge in [0.15, 0.2) is 5.69 Å². The Bertz CT molecular complexity index is 624. The Hall–Kier alpha value is -1.70.